The molecule has 0 saturated heterocycles. The van der Waals surface area contributed by atoms with Gasteiger partial charge in [0.05, 0.1) is 0 Å². The van der Waals surface area contributed by atoms with Crippen molar-refractivity contribution >= 4 is 6.09 Å². The van der Waals surface area contributed by atoms with Gasteiger partial charge >= 0.3 is 6.09 Å². The van der Waals surface area contributed by atoms with Gasteiger partial charge in [-0.3, -0.25) is 4.68 Å². The number of carbonyl (C=O) groups is 1. The molecule has 1 aromatic rings. The Morgan fingerprint density at radius 1 is 1.29 bits per heavy atom. The molecular weight excluding hydrogens is 180 g/mol. The molecule has 0 radical (unpaired) electrons. The van der Waals surface area contributed by atoms with Gasteiger partial charge in [-0.1, -0.05) is 0 Å². The lowest BCUT2D eigenvalue weighted by molar-refractivity contribution is 0.0551. The highest BCUT2D eigenvalue weighted by molar-refractivity contribution is 5.78. The molecule has 0 aliphatic heterocycles. The smallest absolute Gasteiger partial charge is 0.429 e. The molecule has 0 aliphatic rings. The van der Waals surface area contributed by atoms with Crippen molar-refractivity contribution in [2.75, 3.05) is 12.1 Å². The molecule has 1 rings (SSSR count). The summed E-state index contributed by atoms with van der Waals surface area (Å²) in [7, 11) is 1.66. The predicted octanol–water partition coefficient (Wildman–Crippen LogP) is 1.99. The van der Waals surface area contributed by atoms with Crippen LogP contribution in [0.3, 0.4) is 0 Å². The van der Waals surface area contributed by atoms with E-state index in [0.717, 1.165) is 0 Å². The Morgan fingerprint density at radius 2 is 1.79 bits per heavy atom. The van der Waals surface area contributed by atoms with Crippen LogP contribution < -0.4 is 5.01 Å². The van der Waals surface area contributed by atoms with Gasteiger partial charge in [-0.05, 0) is 32.9 Å². The van der Waals surface area contributed by atoms with Crippen LogP contribution >= 0.6 is 0 Å². The number of hydrogen-bond acceptors (Lipinski definition) is 2. The maximum Gasteiger partial charge on any atom is 0.429 e. The van der Waals surface area contributed by atoms with E-state index in [4.69, 9.17) is 4.74 Å². The monoisotopic (exact) mass is 196 g/mol. The number of nitrogens with zero attached hydrogens (tertiary/aromatic N) is 2. The maximum absolute atomic E-state index is 11.5. The molecule has 1 aromatic heterocycles. The van der Waals surface area contributed by atoms with E-state index in [-0.39, 0.29) is 6.09 Å². The Kier molecular flexibility index (Phi) is 2.84. The molecule has 0 bridgehead atoms. The van der Waals surface area contributed by atoms with E-state index < -0.39 is 5.60 Å². The Labute approximate surface area is 84.0 Å². The third-order valence-electron chi connectivity index (χ3n) is 1.59. The summed E-state index contributed by atoms with van der Waals surface area (Å²) < 4.78 is 6.85. The first-order valence-corrected chi connectivity index (χ1v) is 4.50. The van der Waals surface area contributed by atoms with Gasteiger partial charge in [0, 0.05) is 19.4 Å². The lowest BCUT2D eigenvalue weighted by Gasteiger charge is -2.25. The lowest BCUT2D eigenvalue weighted by atomic mass is 10.2. The molecule has 0 unspecified atom stereocenters. The predicted molar refractivity (Wildman–Crippen MR) is 54.8 cm³/mol. The van der Waals surface area contributed by atoms with Crippen LogP contribution in [-0.2, 0) is 4.74 Å². The summed E-state index contributed by atoms with van der Waals surface area (Å²) in [6.07, 6.45) is 3.20. The summed E-state index contributed by atoms with van der Waals surface area (Å²) in [5.41, 5.74) is -0.460. The van der Waals surface area contributed by atoms with E-state index in [1.54, 1.807) is 24.1 Å². The Morgan fingerprint density at radius 3 is 2.21 bits per heavy atom. The second kappa shape index (κ2) is 3.74. The average molecular weight is 196 g/mol. The molecule has 1 amide bonds. The lowest BCUT2D eigenvalue weighted by Crippen LogP contribution is -2.40. The molecule has 0 aromatic carbocycles. The number of amides is 1. The molecule has 0 spiro atoms. The molecule has 0 fully saturated rings. The van der Waals surface area contributed by atoms with Gasteiger partial charge in [-0.25, -0.2) is 9.80 Å². The van der Waals surface area contributed by atoms with Crippen molar-refractivity contribution in [3.63, 3.8) is 0 Å². The van der Waals surface area contributed by atoms with E-state index in [1.807, 2.05) is 32.9 Å². The summed E-state index contributed by atoms with van der Waals surface area (Å²) in [4.78, 5) is 11.5. The van der Waals surface area contributed by atoms with E-state index in [9.17, 15) is 4.79 Å². The van der Waals surface area contributed by atoms with Crippen molar-refractivity contribution in [3.8, 4) is 0 Å². The SMILES string of the molecule is CN(C(=O)OC(C)(C)C)n1cccc1. The Bertz CT molecular complexity index is 298. The van der Waals surface area contributed by atoms with Gasteiger partial charge in [-0.2, -0.15) is 0 Å². The van der Waals surface area contributed by atoms with Crippen LogP contribution in [0.2, 0.25) is 0 Å². The molecule has 0 atom stereocenters. The number of carbonyl (C=O) groups excluding carboxylic acids is 1. The normalized spacial score (nSPS) is 11.1. The maximum atomic E-state index is 11.5. The Balaban J connectivity index is 2.63. The van der Waals surface area contributed by atoms with Crippen LogP contribution in [0.25, 0.3) is 0 Å². The summed E-state index contributed by atoms with van der Waals surface area (Å²) in [5.74, 6) is 0. The first-order chi connectivity index (χ1) is 6.40. The van der Waals surface area contributed by atoms with Crippen LogP contribution in [0.1, 0.15) is 20.8 Å². The van der Waals surface area contributed by atoms with Gasteiger partial charge in [-0.15, -0.1) is 0 Å². The van der Waals surface area contributed by atoms with Crippen molar-refractivity contribution in [2.45, 2.75) is 26.4 Å². The largest absolute Gasteiger partial charge is 0.442 e. The fraction of sp³-hybridized carbons (Fsp3) is 0.500. The first-order valence-electron chi connectivity index (χ1n) is 4.50. The van der Waals surface area contributed by atoms with Crippen LogP contribution in [0, 0.1) is 0 Å². The van der Waals surface area contributed by atoms with Gasteiger partial charge in [0.25, 0.3) is 0 Å². The van der Waals surface area contributed by atoms with E-state index in [0.29, 0.717) is 0 Å². The standard InChI is InChI=1S/C10H16N2O2/c1-10(2,3)14-9(13)11(4)12-7-5-6-8-12/h5-8H,1-4H3. The highest BCUT2D eigenvalue weighted by Crippen LogP contribution is 2.08. The zero-order valence-electron chi connectivity index (χ0n) is 9.02. The van der Waals surface area contributed by atoms with Crippen molar-refractivity contribution < 1.29 is 9.53 Å². The molecule has 1 heterocycles. The summed E-state index contributed by atoms with van der Waals surface area (Å²) >= 11 is 0. The van der Waals surface area contributed by atoms with Crippen LogP contribution in [0.5, 0.6) is 0 Å². The average Bonchev–Trinajstić information content (AvgIpc) is 2.51. The first kappa shape index (κ1) is 10.6. The second-order valence-corrected chi connectivity index (χ2v) is 4.07. The highest BCUT2D eigenvalue weighted by Gasteiger charge is 2.19. The van der Waals surface area contributed by atoms with Crippen LogP contribution in [0.4, 0.5) is 4.79 Å². The second-order valence-electron chi connectivity index (χ2n) is 4.07. The summed E-state index contributed by atoms with van der Waals surface area (Å²) in [5, 5.41) is 1.41. The van der Waals surface area contributed by atoms with Crippen molar-refractivity contribution in [1.82, 2.24) is 4.68 Å². The molecule has 0 N–H and O–H groups in total. The summed E-state index contributed by atoms with van der Waals surface area (Å²) in [6.45, 7) is 5.52. The van der Waals surface area contributed by atoms with Crippen LogP contribution in [-0.4, -0.2) is 23.4 Å². The number of ether oxygens (including phenoxy) is 1. The fourth-order valence-electron chi connectivity index (χ4n) is 0.948. The van der Waals surface area contributed by atoms with Crippen molar-refractivity contribution in [2.24, 2.45) is 0 Å². The molecular formula is C10H16N2O2. The minimum absolute atomic E-state index is 0.367. The van der Waals surface area contributed by atoms with E-state index in [1.165, 1.54) is 5.01 Å². The number of hydrogen-bond donors (Lipinski definition) is 0. The van der Waals surface area contributed by atoms with Gasteiger partial charge < -0.3 is 4.74 Å². The van der Waals surface area contributed by atoms with E-state index in [2.05, 4.69) is 0 Å². The fourth-order valence-corrected chi connectivity index (χ4v) is 0.948. The van der Waals surface area contributed by atoms with Crippen LogP contribution in [0.15, 0.2) is 24.5 Å². The van der Waals surface area contributed by atoms with E-state index >= 15 is 0 Å². The van der Waals surface area contributed by atoms with Gasteiger partial charge in [0.1, 0.15) is 5.60 Å². The minimum atomic E-state index is -0.460. The van der Waals surface area contributed by atoms with Crippen molar-refractivity contribution in [1.29, 1.82) is 0 Å². The molecule has 14 heavy (non-hydrogen) atoms. The quantitative estimate of drug-likeness (QED) is 0.688. The molecule has 0 saturated carbocycles. The third kappa shape index (κ3) is 2.80. The zero-order chi connectivity index (χ0) is 10.8. The molecule has 0 aliphatic carbocycles. The number of aromatic nitrogens is 1. The van der Waals surface area contributed by atoms with Gasteiger partial charge in [0.15, 0.2) is 0 Å². The number of rotatable bonds is 1. The summed E-state index contributed by atoms with van der Waals surface area (Å²) in [6, 6.07) is 3.70. The van der Waals surface area contributed by atoms with Crippen molar-refractivity contribution in [3.05, 3.63) is 24.5 Å². The van der Waals surface area contributed by atoms with Gasteiger partial charge in [0.2, 0.25) is 0 Å². The molecule has 78 valence electrons. The zero-order valence-corrected chi connectivity index (χ0v) is 9.02. The third-order valence-corrected chi connectivity index (χ3v) is 1.59. The topological polar surface area (TPSA) is 34.5 Å². The Hall–Kier alpha value is -1.45. The molecule has 4 nitrogen and oxygen atoms in total. The molecule has 4 heteroatoms. The highest BCUT2D eigenvalue weighted by atomic mass is 16.6. The minimum Gasteiger partial charge on any atom is -0.442 e.